The van der Waals surface area contributed by atoms with Gasteiger partial charge in [-0.3, -0.25) is 14.3 Å². The maximum Gasteiger partial charge on any atom is 0.267 e. The average Bonchev–Trinajstić information content (AvgIpc) is 3.12. The number of hydrogen-bond donors (Lipinski definition) is 1. The first kappa shape index (κ1) is 19.5. The molecule has 1 fully saturated rings. The monoisotopic (exact) mass is 395 g/mol. The third-order valence-corrected chi connectivity index (χ3v) is 6.56. The van der Waals surface area contributed by atoms with Gasteiger partial charge in [0.2, 0.25) is 5.91 Å². The lowest BCUT2D eigenvalue weighted by Gasteiger charge is -2.27. The molecule has 2 aliphatic rings. The van der Waals surface area contributed by atoms with Crippen LogP contribution in [0.15, 0.2) is 11.2 Å². The Morgan fingerprint density at radius 3 is 2.74 bits per heavy atom. The second kappa shape index (κ2) is 7.79. The van der Waals surface area contributed by atoms with Gasteiger partial charge in [-0.25, -0.2) is 13.4 Å². The molecular formula is C17H25N5O4S. The number of nitrogens with one attached hydrogen (secondary N) is 1. The van der Waals surface area contributed by atoms with E-state index in [1.807, 2.05) is 24.6 Å². The standard InChI is InChI=1S/C17H25N5O4S/c1-12-10-13(2)21(19-12)8-3-7-18-17(24)15-4-5-16(23)22(20-15)14-6-9-27(25,26)11-14/h10,14H,3-9,11H2,1-2H3,(H,18,24)/t14-/m1/s1. The molecule has 148 valence electrons. The topological polar surface area (TPSA) is 114 Å². The Labute approximate surface area is 158 Å². The second-order valence-corrected chi connectivity index (χ2v) is 9.33. The summed E-state index contributed by atoms with van der Waals surface area (Å²) < 4.78 is 25.2. The summed E-state index contributed by atoms with van der Waals surface area (Å²) in [6, 6.07) is 1.54. The Morgan fingerprint density at radius 2 is 2.11 bits per heavy atom. The molecule has 0 saturated carbocycles. The number of nitrogens with zero attached hydrogens (tertiary/aromatic N) is 4. The molecule has 0 aromatic carbocycles. The van der Waals surface area contributed by atoms with Crippen LogP contribution in [-0.4, -0.2) is 64.8 Å². The maximum absolute atomic E-state index is 12.4. The van der Waals surface area contributed by atoms with Crippen molar-refractivity contribution in [3.8, 4) is 0 Å². The van der Waals surface area contributed by atoms with Gasteiger partial charge in [0, 0.05) is 31.6 Å². The van der Waals surface area contributed by atoms with Gasteiger partial charge in [-0.1, -0.05) is 0 Å². The third kappa shape index (κ3) is 4.74. The number of carbonyl (C=O) groups excluding carboxylic acids is 2. The Balaban J connectivity index is 1.53. The normalized spacial score (nSPS) is 22.0. The van der Waals surface area contributed by atoms with Crippen molar-refractivity contribution in [2.75, 3.05) is 18.1 Å². The third-order valence-electron chi connectivity index (χ3n) is 4.81. The Morgan fingerprint density at radius 1 is 1.33 bits per heavy atom. The fraction of sp³-hybridized carbons (Fsp3) is 0.647. The molecule has 0 spiro atoms. The quantitative estimate of drug-likeness (QED) is 0.690. The highest BCUT2D eigenvalue weighted by atomic mass is 32.2. The molecule has 3 rings (SSSR count). The molecule has 10 heteroatoms. The van der Waals surface area contributed by atoms with Gasteiger partial charge >= 0.3 is 0 Å². The summed E-state index contributed by atoms with van der Waals surface area (Å²) in [5.74, 6) is -0.551. The van der Waals surface area contributed by atoms with Crippen LogP contribution in [0.3, 0.4) is 0 Å². The van der Waals surface area contributed by atoms with Crippen molar-refractivity contribution in [2.24, 2.45) is 5.10 Å². The van der Waals surface area contributed by atoms with Gasteiger partial charge in [-0.15, -0.1) is 0 Å². The van der Waals surface area contributed by atoms with Crippen LogP contribution >= 0.6 is 0 Å². The molecule has 3 heterocycles. The molecule has 27 heavy (non-hydrogen) atoms. The van der Waals surface area contributed by atoms with Crippen molar-refractivity contribution in [3.63, 3.8) is 0 Å². The molecule has 0 bridgehead atoms. The zero-order valence-electron chi connectivity index (χ0n) is 15.6. The lowest BCUT2D eigenvalue weighted by Crippen LogP contribution is -2.44. The summed E-state index contributed by atoms with van der Waals surface area (Å²) >= 11 is 0. The van der Waals surface area contributed by atoms with Crippen molar-refractivity contribution >= 4 is 27.4 Å². The number of hydrazone groups is 1. The van der Waals surface area contributed by atoms with Crippen LogP contribution in [-0.2, 0) is 26.0 Å². The van der Waals surface area contributed by atoms with Gasteiger partial charge < -0.3 is 5.32 Å². The van der Waals surface area contributed by atoms with Crippen LogP contribution in [0.25, 0.3) is 0 Å². The van der Waals surface area contributed by atoms with E-state index in [0.717, 1.165) is 17.8 Å². The van der Waals surface area contributed by atoms with E-state index in [1.54, 1.807) is 0 Å². The molecule has 0 radical (unpaired) electrons. The maximum atomic E-state index is 12.4. The van der Waals surface area contributed by atoms with Crippen molar-refractivity contribution in [1.82, 2.24) is 20.1 Å². The first-order valence-corrected chi connectivity index (χ1v) is 11.0. The van der Waals surface area contributed by atoms with E-state index >= 15 is 0 Å². The minimum atomic E-state index is -3.12. The van der Waals surface area contributed by atoms with Crippen LogP contribution in [0.2, 0.25) is 0 Å². The first-order chi connectivity index (χ1) is 12.7. The van der Waals surface area contributed by atoms with Gasteiger partial charge in [-0.2, -0.15) is 10.2 Å². The lowest BCUT2D eigenvalue weighted by molar-refractivity contribution is -0.133. The van der Waals surface area contributed by atoms with E-state index in [0.29, 0.717) is 19.5 Å². The SMILES string of the molecule is Cc1cc(C)n(CCCNC(=O)C2=NN([C@@H]3CCS(=O)(=O)C3)C(=O)CC2)n1. The van der Waals surface area contributed by atoms with Crippen LogP contribution in [0.1, 0.15) is 37.1 Å². The number of rotatable bonds is 6. The van der Waals surface area contributed by atoms with Gasteiger partial charge in [0.25, 0.3) is 5.91 Å². The molecule has 1 N–H and O–H groups in total. The Bertz CT molecular complexity index is 874. The molecule has 9 nitrogen and oxygen atoms in total. The van der Waals surface area contributed by atoms with Gasteiger partial charge in [0.15, 0.2) is 9.84 Å². The number of carbonyl (C=O) groups is 2. The Kier molecular flexibility index (Phi) is 5.64. The lowest BCUT2D eigenvalue weighted by atomic mass is 10.1. The number of amides is 2. The van der Waals surface area contributed by atoms with E-state index < -0.39 is 15.9 Å². The summed E-state index contributed by atoms with van der Waals surface area (Å²) in [4.78, 5) is 24.4. The van der Waals surface area contributed by atoms with Crippen LogP contribution < -0.4 is 5.32 Å². The van der Waals surface area contributed by atoms with Crippen LogP contribution in [0.4, 0.5) is 0 Å². The van der Waals surface area contributed by atoms with Crippen LogP contribution in [0.5, 0.6) is 0 Å². The summed E-state index contributed by atoms with van der Waals surface area (Å²) in [6.45, 7) is 5.11. The number of aryl methyl sites for hydroxylation is 3. The zero-order valence-corrected chi connectivity index (χ0v) is 16.5. The van der Waals surface area contributed by atoms with E-state index in [1.165, 1.54) is 5.01 Å². The number of hydrogen-bond acceptors (Lipinski definition) is 6. The summed E-state index contributed by atoms with van der Waals surface area (Å²) in [7, 11) is -3.12. The van der Waals surface area contributed by atoms with Crippen molar-refractivity contribution in [2.45, 2.75) is 52.1 Å². The summed E-state index contributed by atoms with van der Waals surface area (Å²) in [5.41, 5.74) is 2.33. The highest BCUT2D eigenvalue weighted by Gasteiger charge is 2.37. The highest BCUT2D eigenvalue weighted by Crippen LogP contribution is 2.22. The predicted octanol–water partition coefficient (Wildman–Crippen LogP) is 0.172. The van der Waals surface area contributed by atoms with Crippen molar-refractivity contribution in [3.05, 3.63) is 17.5 Å². The molecule has 1 aromatic rings. The van der Waals surface area contributed by atoms with E-state index in [-0.39, 0.29) is 41.9 Å². The Hall–Kier alpha value is -2.23. The molecule has 1 aromatic heterocycles. The summed E-state index contributed by atoms with van der Waals surface area (Å²) in [5, 5.41) is 12.6. The van der Waals surface area contributed by atoms with Gasteiger partial charge in [0.1, 0.15) is 5.71 Å². The molecule has 2 amide bonds. The fourth-order valence-corrected chi connectivity index (χ4v) is 5.11. The predicted molar refractivity (Wildman–Crippen MR) is 99.9 cm³/mol. The molecular weight excluding hydrogens is 370 g/mol. The van der Waals surface area contributed by atoms with Gasteiger partial charge in [0.05, 0.1) is 23.2 Å². The first-order valence-electron chi connectivity index (χ1n) is 9.14. The molecule has 0 unspecified atom stereocenters. The minimum Gasteiger partial charge on any atom is -0.351 e. The van der Waals surface area contributed by atoms with E-state index in [2.05, 4.69) is 15.5 Å². The van der Waals surface area contributed by atoms with Gasteiger partial charge in [-0.05, 0) is 32.8 Å². The molecule has 1 atom stereocenters. The number of aromatic nitrogens is 2. The molecule has 0 aliphatic carbocycles. The highest BCUT2D eigenvalue weighted by molar-refractivity contribution is 7.91. The van der Waals surface area contributed by atoms with E-state index in [4.69, 9.17) is 0 Å². The summed E-state index contributed by atoms with van der Waals surface area (Å²) in [6.07, 6.45) is 1.55. The zero-order chi connectivity index (χ0) is 19.6. The minimum absolute atomic E-state index is 0.0603. The second-order valence-electron chi connectivity index (χ2n) is 7.10. The van der Waals surface area contributed by atoms with Crippen LogP contribution in [0, 0.1) is 13.8 Å². The largest absolute Gasteiger partial charge is 0.351 e. The van der Waals surface area contributed by atoms with E-state index in [9.17, 15) is 18.0 Å². The molecule has 2 aliphatic heterocycles. The van der Waals surface area contributed by atoms with Crippen molar-refractivity contribution < 1.29 is 18.0 Å². The van der Waals surface area contributed by atoms with Crippen molar-refractivity contribution in [1.29, 1.82) is 0 Å². The smallest absolute Gasteiger partial charge is 0.267 e. The average molecular weight is 395 g/mol. The fourth-order valence-electron chi connectivity index (χ4n) is 3.42. The molecule has 1 saturated heterocycles. The number of sulfone groups is 1.